The van der Waals surface area contributed by atoms with E-state index in [-0.39, 0.29) is 5.82 Å². The van der Waals surface area contributed by atoms with Gasteiger partial charge in [0.15, 0.2) is 0 Å². The monoisotopic (exact) mass is 263 g/mol. The second-order valence-electron chi connectivity index (χ2n) is 6.73. The molecule has 19 heavy (non-hydrogen) atoms. The summed E-state index contributed by atoms with van der Waals surface area (Å²) in [6, 6.07) is 7.75. The third kappa shape index (κ3) is 4.31. The highest BCUT2D eigenvalue weighted by atomic mass is 19.1. The first-order valence-electron chi connectivity index (χ1n) is 7.48. The van der Waals surface area contributed by atoms with Crippen molar-refractivity contribution in [2.75, 3.05) is 0 Å². The van der Waals surface area contributed by atoms with Gasteiger partial charge < -0.3 is 5.32 Å². The molecule has 1 aromatic carbocycles. The maximum absolute atomic E-state index is 12.9. The lowest BCUT2D eigenvalue weighted by Crippen LogP contribution is -2.31. The van der Waals surface area contributed by atoms with Gasteiger partial charge in [-0.05, 0) is 55.7 Å². The topological polar surface area (TPSA) is 12.0 Å². The first kappa shape index (κ1) is 14.5. The molecule has 1 aliphatic rings. The van der Waals surface area contributed by atoms with Crippen LogP contribution in [0.5, 0.6) is 0 Å². The van der Waals surface area contributed by atoms with Crippen molar-refractivity contribution in [3.63, 3.8) is 0 Å². The molecule has 0 aliphatic heterocycles. The molecular weight excluding hydrogens is 237 g/mol. The van der Waals surface area contributed by atoms with Crippen molar-refractivity contribution in [3.8, 4) is 0 Å². The van der Waals surface area contributed by atoms with E-state index in [1.54, 1.807) is 12.1 Å². The van der Waals surface area contributed by atoms with Crippen LogP contribution >= 0.6 is 0 Å². The normalized spacial score (nSPS) is 24.7. The van der Waals surface area contributed by atoms with Crippen LogP contribution in [0.4, 0.5) is 4.39 Å². The Bertz CT molecular complexity index is 396. The van der Waals surface area contributed by atoms with Crippen molar-refractivity contribution in [1.29, 1.82) is 0 Å². The van der Waals surface area contributed by atoms with Crippen molar-refractivity contribution in [2.24, 2.45) is 5.41 Å². The van der Waals surface area contributed by atoms with Gasteiger partial charge in [0.05, 0.1) is 0 Å². The van der Waals surface area contributed by atoms with Gasteiger partial charge in [-0.25, -0.2) is 4.39 Å². The van der Waals surface area contributed by atoms with Crippen molar-refractivity contribution < 1.29 is 4.39 Å². The minimum absolute atomic E-state index is 0.160. The van der Waals surface area contributed by atoms with E-state index in [4.69, 9.17) is 0 Å². The number of hydrogen-bond donors (Lipinski definition) is 1. The van der Waals surface area contributed by atoms with Gasteiger partial charge in [-0.1, -0.05) is 32.4 Å². The van der Waals surface area contributed by atoms with Gasteiger partial charge in [-0.15, -0.1) is 0 Å². The summed E-state index contributed by atoms with van der Waals surface area (Å²) in [6.45, 7) is 6.92. The van der Waals surface area contributed by atoms with Gasteiger partial charge in [-0.3, -0.25) is 0 Å². The molecule has 2 unspecified atom stereocenters. The second kappa shape index (κ2) is 6.04. The second-order valence-corrected chi connectivity index (χ2v) is 6.73. The van der Waals surface area contributed by atoms with Gasteiger partial charge in [0.25, 0.3) is 0 Å². The van der Waals surface area contributed by atoms with E-state index in [0.29, 0.717) is 17.5 Å². The molecule has 1 nitrogen and oxygen atoms in total. The van der Waals surface area contributed by atoms with Crippen molar-refractivity contribution in [2.45, 2.75) is 65.0 Å². The molecule has 0 radical (unpaired) electrons. The molecule has 1 fully saturated rings. The molecule has 0 spiro atoms. The van der Waals surface area contributed by atoms with Crippen LogP contribution in [0.3, 0.4) is 0 Å². The van der Waals surface area contributed by atoms with Crippen LogP contribution in [0.2, 0.25) is 0 Å². The molecule has 1 N–H and O–H groups in total. The Hall–Kier alpha value is -0.890. The maximum Gasteiger partial charge on any atom is 0.123 e. The lowest BCUT2D eigenvalue weighted by molar-refractivity contribution is 0.307. The molecule has 1 aliphatic carbocycles. The molecule has 1 aromatic rings. The third-order valence-corrected chi connectivity index (χ3v) is 4.43. The zero-order valence-electron chi connectivity index (χ0n) is 12.4. The number of rotatable bonds is 3. The zero-order chi connectivity index (χ0) is 13.9. The molecule has 0 aromatic heterocycles. The fourth-order valence-corrected chi connectivity index (χ4v) is 3.03. The largest absolute Gasteiger partial charge is 0.307 e. The summed E-state index contributed by atoms with van der Waals surface area (Å²) in [5, 5.41) is 3.71. The Balaban J connectivity index is 1.91. The number of halogens is 1. The Morgan fingerprint density at radius 1 is 1.16 bits per heavy atom. The summed E-state index contributed by atoms with van der Waals surface area (Å²) < 4.78 is 12.9. The SMILES string of the molecule is CC(NC1CCCC(C)(C)CC1)c1ccc(F)cc1. The molecule has 0 heterocycles. The summed E-state index contributed by atoms with van der Waals surface area (Å²) in [6.07, 6.45) is 6.44. The van der Waals surface area contributed by atoms with Gasteiger partial charge in [0.1, 0.15) is 5.82 Å². The van der Waals surface area contributed by atoms with E-state index in [9.17, 15) is 4.39 Å². The van der Waals surface area contributed by atoms with Crippen molar-refractivity contribution in [3.05, 3.63) is 35.6 Å². The Kier molecular flexibility index (Phi) is 4.62. The molecule has 2 rings (SSSR count). The van der Waals surface area contributed by atoms with Crippen LogP contribution in [-0.2, 0) is 0 Å². The standard InChI is InChI=1S/C17H26FN/c1-13(14-6-8-15(18)9-7-14)19-16-5-4-11-17(2,3)12-10-16/h6-9,13,16,19H,4-5,10-12H2,1-3H3. The lowest BCUT2D eigenvalue weighted by Gasteiger charge is -2.24. The molecule has 1 saturated carbocycles. The number of hydrogen-bond acceptors (Lipinski definition) is 1. The van der Waals surface area contributed by atoms with Crippen molar-refractivity contribution >= 4 is 0 Å². The van der Waals surface area contributed by atoms with Crippen LogP contribution in [0.15, 0.2) is 24.3 Å². The summed E-state index contributed by atoms with van der Waals surface area (Å²) in [5.41, 5.74) is 1.67. The highest BCUT2D eigenvalue weighted by molar-refractivity contribution is 5.19. The first-order chi connectivity index (χ1) is 8.96. The molecule has 2 heteroatoms. The van der Waals surface area contributed by atoms with E-state index < -0.39 is 0 Å². The highest BCUT2D eigenvalue weighted by Crippen LogP contribution is 2.34. The average Bonchev–Trinajstić information content (AvgIpc) is 2.52. The third-order valence-electron chi connectivity index (χ3n) is 4.43. The summed E-state index contributed by atoms with van der Waals surface area (Å²) in [7, 11) is 0. The van der Waals surface area contributed by atoms with E-state index in [2.05, 4.69) is 26.1 Å². The maximum atomic E-state index is 12.9. The molecular formula is C17H26FN. The zero-order valence-corrected chi connectivity index (χ0v) is 12.4. The van der Waals surface area contributed by atoms with Crippen LogP contribution < -0.4 is 5.32 Å². The smallest absolute Gasteiger partial charge is 0.123 e. The molecule has 2 atom stereocenters. The quantitative estimate of drug-likeness (QED) is 0.770. The minimum Gasteiger partial charge on any atom is -0.307 e. The summed E-state index contributed by atoms with van der Waals surface area (Å²) >= 11 is 0. The van der Waals surface area contributed by atoms with Crippen LogP contribution in [0.25, 0.3) is 0 Å². The van der Waals surface area contributed by atoms with E-state index in [1.807, 2.05) is 12.1 Å². The van der Waals surface area contributed by atoms with E-state index >= 15 is 0 Å². The van der Waals surface area contributed by atoms with Gasteiger partial charge in [0.2, 0.25) is 0 Å². The van der Waals surface area contributed by atoms with Gasteiger partial charge in [0, 0.05) is 12.1 Å². The van der Waals surface area contributed by atoms with Gasteiger partial charge in [-0.2, -0.15) is 0 Å². The minimum atomic E-state index is -0.160. The number of nitrogens with one attached hydrogen (secondary N) is 1. The van der Waals surface area contributed by atoms with Crippen LogP contribution in [-0.4, -0.2) is 6.04 Å². The average molecular weight is 263 g/mol. The fraction of sp³-hybridized carbons (Fsp3) is 0.647. The Labute approximate surface area is 116 Å². The van der Waals surface area contributed by atoms with E-state index in [1.165, 1.54) is 37.7 Å². The van der Waals surface area contributed by atoms with Crippen LogP contribution in [0, 0.1) is 11.2 Å². The van der Waals surface area contributed by atoms with Crippen molar-refractivity contribution in [1.82, 2.24) is 5.32 Å². The van der Waals surface area contributed by atoms with E-state index in [0.717, 1.165) is 0 Å². The Morgan fingerprint density at radius 3 is 2.53 bits per heavy atom. The summed E-state index contributed by atoms with van der Waals surface area (Å²) in [5.74, 6) is -0.160. The molecule has 106 valence electrons. The molecule has 0 saturated heterocycles. The predicted molar refractivity (Wildman–Crippen MR) is 78.6 cm³/mol. The fourth-order valence-electron chi connectivity index (χ4n) is 3.03. The van der Waals surface area contributed by atoms with Gasteiger partial charge >= 0.3 is 0 Å². The highest BCUT2D eigenvalue weighted by Gasteiger charge is 2.25. The summed E-state index contributed by atoms with van der Waals surface area (Å²) in [4.78, 5) is 0. The predicted octanol–water partition coefficient (Wildman–Crippen LogP) is 4.84. The first-order valence-corrected chi connectivity index (χ1v) is 7.48. The Morgan fingerprint density at radius 2 is 1.84 bits per heavy atom. The molecule has 0 bridgehead atoms. The molecule has 0 amide bonds. The van der Waals surface area contributed by atoms with Crippen LogP contribution in [0.1, 0.15) is 64.5 Å². The lowest BCUT2D eigenvalue weighted by atomic mass is 9.85. The number of benzene rings is 1.